The van der Waals surface area contributed by atoms with Crippen molar-refractivity contribution in [2.45, 2.75) is 6.92 Å². The number of halogens is 1. The van der Waals surface area contributed by atoms with Crippen LogP contribution in [-0.2, 0) is 11.8 Å². The van der Waals surface area contributed by atoms with Crippen LogP contribution in [0, 0.1) is 0 Å². The molecule has 0 amide bonds. The summed E-state index contributed by atoms with van der Waals surface area (Å²) in [5.74, 6) is -0.929. The topological polar surface area (TPSA) is 87.2 Å². The summed E-state index contributed by atoms with van der Waals surface area (Å²) in [4.78, 5) is 27.9. The van der Waals surface area contributed by atoms with Gasteiger partial charge in [-0.3, -0.25) is 9.59 Å². The number of hydrogen-bond donors (Lipinski definition) is 1. The molecule has 7 heteroatoms. The Labute approximate surface area is 142 Å². The fourth-order valence-electron chi connectivity index (χ4n) is 2.59. The molecule has 0 fully saturated rings. The zero-order valence-electron chi connectivity index (χ0n) is 13.0. The predicted molar refractivity (Wildman–Crippen MR) is 91.3 cm³/mol. The maximum absolute atomic E-state index is 12.9. The highest BCUT2D eigenvalue weighted by Gasteiger charge is 2.22. The summed E-state index contributed by atoms with van der Waals surface area (Å²) < 4.78 is 6.72. The Balaban J connectivity index is 2.11. The number of para-hydroxylation sites is 1. The number of aryl methyl sites for hydroxylation is 1. The number of ether oxygens (including phenoxy) is 1. The van der Waals surface area contributed by atoms with Gasteiger partial charge >= 0.3 is 5.97 Å². The molecular weight excluding hydrogens is 330 g/mol. The van der Waals surface area contributed by atoms with Crippen LogP contribution in [0.2, 0.25) is 5.15 Å². The maximum Gasteiger partial charge on any atom is 0.309 e. The van der Waals surface area contributed by atoms with E-state index in [2.05, 4.69) is 4.98 Å². The summed E-state index contributed by atoms with van der Waals surface area (Å²) in [5.41, 5.74) is 7.52. The number of anilines is 1. The minimum atomic E-state index is -0.550. The van der Waals surface area contributed by atoms with Gasteiger partial charge in [0, 0.05) is 42.7 Å². The molecule has 0 bridgehead atoms. The summed E-state index contributed by atoms with van der Waals surface area (Å²) in [6.45, 7) is 1.24. The second-order valence-electron chi connectivity index (χ2n) is 5.31. The van der Waals surface area contributed by atoms with Crippen LogP contribution in [-0.4, -0.2) is 21.3 Å². The lowest BCUT2D eigenvalue weighted by atomic mass is 10.0. The number of hydrogen-bond acceptors (Lipinski definition) is 5. The standard InChI is InChI=1S/C17H14ClN3O3/c1-9(22)24-14-7-12(19)15(17(18)20-14)16(23)11-8-21(2)13-6-4-3-5-10(11)13/h3-8H,1-2H3,(H2,19,20). The molecule has 122 valence electrons. The van der Waals surface area contributed by atoms with E-state index in [9.17, 15) is 9.59 Å². The van der Waals surface area contributed by atoms with Gasteiger partial charge in [-0.25, -0.2) is 4.98 Å². The van der Waals surface area contributed by atoms with E-state index in [0.29, 0.717) is 5.56 Å². The molecule has 0 aliphatic heterocycles. The average molecular weight is 344 g/mol. The van der Waals surface area contributed by atoms with Crippen molar-refractivity contribution in [3.8, 4) is 5.88 Å². The number of benzene rings is 1. The Bertz CT molecular complexity index is 955. The molecule has 0 radical (unpaired) electrons. The Morgan fingerprint density at radius 3 is 2.67 bits per heavy atom. The number of fused-ring (bicyclic) bond motifs is 1. The summed E-state index contributed by atoms with van der Waals surface area (Å²) in [6.07, 6.45) is 1.72. The number of pyridine rings is 1. The van der Waals surface area contributed by atoms with Crippen LogP contribution >= 0.6 is 11.6 Å². The van der Waals surface area contributed by atoms with Gasteiger partial charge in [0.05, 0.1) is 11.3 Å². The molecule has 2 heterocycles. The minimum absolute atomic E-state index is 0.0422. The van der Waals surface area contributed by atoms with Crippen LogP contribution in [0.3, 0.4) is 0 Å². The van der Waals surface area contributed by atoms with E-state index in [1.54, 1.807) is 6.20 Å². The molecule has 6 nitrogen and oxygen atoms in total. The van der Waals surface area contributed by atoms with Crippen molar-refractivity contribution in [2.75, 3.05) is 5.73 Å². The van der Waals surface area contributed by atoms with Gasteiger partial charge in [-0.1, -0.05) is 29.8 Å². The molecule has 0 aliphatic rings. The zero-order chi connectivity index (χ0) is 17.4. The second kappa shape index (κ2) is 5.98. The molecule has 24 heavy (non-hydrogen) atoms. The quantitative estimate of drug-likeness (QED) is 0.449. The Hall–Kier alpha value is -2.86. The van der Waals surface area contributed by atoms with Crippen LogP contribution in [0.25, 0.3) is 10.9 Å². The first-order valence-corrected chi connectivity index (χ1v) is 7.49. The van der Waals surface area contributed by atoms with Gasteiger partial charge in [0.25, 0.3) is 0 Å². The Morgan fingerprint density at radius 1 is 1.29 bits per heavy atom. The van der Waals surface area contributed by atoms with Crippen LogP contribution in [0.1, 0.15) is 22.8 Å². The Kier molecular flexibility index (Phi) is 3.99. The SMILES string of the molecule is CC(=O)Oc1cc(N)c(C(=O)c2cn(C)c3ccccc23)c(Cl)n1. The molecule has 1 aromatic carbocycles. The summed E-state index contributed by atoms with van der Waals surface area (Å²) >= 11 is 6.11. The second-order valence-corrected chi connectivity index (χ2v) is 5.67. The van der Waals surface area contributed by atoms with Gasteiger partial charge in [-0.15, -0.1) is 0 Å². The smallest absolute Gasteiger partial charge is 0.309 e. The van der Waals surface area contributed by atoms with E-state index in [1.165, 1.54) is 13.0 Å². The first-order valence-electron chi connectivity index (χ1n) is 7.11. The fraction of sp³-hybridized carbons (Fsp3) is 0.118. The first-order chi connectivity index (χ1) is 11.4. The molecular formula is C17H14ClN3O3. The number of aromatic nitrogens is 2. The molecule has 3 rings (SSSR count). The van der Waals surface area contributed by atoms with E-state index in [4.69, 9.17) is 22.1 Å². The van der Waals surface area contributed by atoms with E-state index < -0.39 is 5.97 Å². The molecule has 0 saturated heterocycles. The van der Waals surface area contributed by atoms with Crippen LogP contribution < -0.4 is 10.5 Å². The van der Waals surface area contributed by atoms with Crippen LogP contribution in [0.5, 0.6) is 5.88 Å². The molecule has 0 aliphatic carbocycles. The monoisotopic (exact) mass is 343 g/mol. The van der Waals surface area contributed by atoms with E-state index in [0.717, 1.165) is 10.9 Å². The van der Waals surface area contributed by atoms with Crippen molar-refractivity contribution < 1.29 is 14.3 Å². The molecule has 0 saturated carbocycles. The van der Waals surface area contributed by atoms with E-state index >= 15 is 0 Å². The fourth-order valence-corrected chi connectivity index (χ4v) is 2.87. The molecule has 0 atom stereocenters. The first kappa shape index (κ1) is 16.0. The number of nitrogens with zero attached hydrogens (tertiary/aromatic N) is 2. The number of rotatable bonds is 3. The molecule has 0 unspecified atom stereocenters. The predicted octanol–water partition coefficient (Wildman–Crippen LogP) is 2.97. The third-order valence-corrected chi connectivity index (χ3v) is 3.87. The van der Waals surface area contributed by atoms with Gasteiger partial charge in [-0.05, 0) is 6.07 Å². The van der Waals surface area contributed by atoms with Crippen molar-refractivity contribution in [1.82, 2.24) is 9.55 Å². The summed E-state index contributed by atoms with van der Waals surface area (Å²) in [7, 11) is 1.85. The molecule has 2 N–H and O–H groups in total. The minimum Gasteiger partial charge on any atom is -0.408 e. The van der Waals surface area contributed by atoms with Crippen molar-refractivity contribution in [1.29, 1.82) is 0 Å². The zero-order valence-corrected chi connectivity index (χ0v) is 13.8. The van der Waals surface area contributed by atoms with Gasteiger partial charge < -0.3 is 15.0 Å². The highest BCUT2D eigenvalue weighted by molar-refractivity contribution is 6.35. The lowest BCUT2D eigenvalue weighted by Crippen LogP contribution is -2.10. The third-order valence-electron chi connectivity index (χ3n) is 3.60. The number of carbonyl (C=O) groups is 2. The van der Waals surface area contributed by atoms with Crippen LogP contribution in [0.15, 0.2) is 36.5 Å². The van der Waals surface area contributed by atoms with Gasteiger partial charge in [-0.2, -0.15) is 0 Å². The number of nitrogen functional groups attached to an aromatic ring is 1. The maximum atomic E-state index is 12.9. The van der Waals surface area contributed by atoms with Crippen molar-refractivity contribution in [3.63, 3.8) is 0 Å². The molecule has 0 spiro atoms. The lowest BCUT2D eigenvalue weighted by molar-refractivity contribution is -0.132. The lowest BCUT2D eigenvalue weighted by Gasteiger charge is -2.08. The number of esters is 1. The molecule has 2 aromatic heterocycles. The van der Waals surface area contributed by atoms with E-state index in [-0.39, 0.29) is 28.1 Å². The highest BCUT2D eigenvalue weighted by Crippen LogP contribution is 2.30. The highest BCUT2D eigenvalue weighted by atomic mass is 35.5. The third kappa shape index (κ3) is 2.72. The summed E-state index contributed by atoms with van der Waals surface area (Å²) in [5, 5.41) is 0.689. The van der Waals surface area contributed by atoms with Gasteiger partial charge in [0.15, 0.2) is 5.78 Å². The number of carbonyl (C=O) groups excluding carboxylic acids is 2. The number of nitrogens with two attached hydrogens (primary N) is 1. The number of ketones is 1. The van der Waals surface area contributed by atoms with Crippen molar-refractivity contribution in [3.05, 3.63) is 52.8 Å². The van der Waals surface area contributed by atoms with Gasteiger partial charge in [0.2, 0.25) is 5.88 Å². The van der Waals surface area contributed by atoms with Crippen molar-refractivity contribution >= 4 is 39.9 Å². The Morgan fingerprint density at radius 2 is 2.00 bits per heavy atom. The van der Waals surface area contributed by atoms with Gasteiger partial charge in [0.1, 0.15) is 5.15 Å². The van der Waals surface area contributed by atoms with E-state index in [1.807, 2.05) is 35.9 Å². The normalized spacial score (nSPS) is 10.8. The van der Waals surface area contributed by atoms with Crippen LogP contribution in [0.4, 0.5) is 5.69 Å². The summed E-state index contributed by atoms with van der Waals surface area (Å²) in [6, 6.07) is 8.83. The average Bonchev–Trinajstić information content (AvgIpc) is 2.83. The molecule has 3 aromatic rings. The van der Waals surface area contributed by atoms with Crippen molar-refractivity contribution in [2.24, 2.45) is 7.05 Å². The largest absolute Gasteiger partial charge is 0.408 e.